The monoisotopic (exact) mass is 263 g/mol. The summed E-state index contributed by atoms with van der Waals surface area (Å²) in [5.41, 5.74) is -0.505. The van der Waals surface area contributed by atoms with Gasteiger partial charge in [0.25, 0.3) is 0 Å². The van der Waals surface area contributed by atoms with Gasteiger partial charge < -0.3 is 14.5 Å². The summed E-state index contributed by atoms with van der Waals surface area (Å²) in [6.07, 6.45) is 0.626. The Morgan fingerprint density at radius 2 is 2.21 bits per heavy atom. The Bertz CT molecular complexity index is 499. The summed E-state index contributed by atoms with van der Waals surface area (Å²) in [6.45, 7) is 5.79. The molecule has 19 heavy (non-hydrogen) atoms. The molecule has 1 N–H and O–H groups in total. The van der Waals surface area contributed by atoms with E-state index in [1.807, 2.05) is 0 Å². The molecule has 0 unspecified atom stereocenters. The average molecular weight is 263 g/mol. The molecule has 1 rings (SSSR count). The summed E-state index contributed by atoms with van der Waals surface area (Å²) >= 11 is 0. The molecule has 0 saturated carbocycles. The molecule has 0 atom stereocenters. The molecular weight excluding hydrogens is 246 g/mol. The highest BCUT2D eigenvalue weighted by atomic mass is 16.6. The second-order valence-electron chi connectivity index (χ2n) is 4.80. The molecule has 1 heterocycles. The quantitative estimate of drug-likeness (QED) is 0.516. The second kappa shape index (κ2) is 6.64. The van der Waals surface area contributed by atoms with Gasteiger partial charge in [-0.2, -0.15) is 0 Å². The Labute approximate surface area is 112 Å². The van der Waals surface area contributed by atoms with E-state index in [-0.39, 0.29) is 5.76 Å². The number of alkyl carbamates (subject to hydrolysis) is 1. The van der Waals surface area contributed by atoms with Crippen LogP contribution in [0.4, 0.5) is 4.79 Å². The summed E-state index contributed by atoms with van der Waals surface area (Å²) in [5, 5.41) is 2.59. The van der Waals surface area contributed by atoms with Crippen LogP contribution in [0.2, 0.25) is 0 Å². The minimum Gasteiger partial charge on any atom is -0.445 e. The van der Waals surface area contributed by atoms with Crippen LogP contribution in [0, 0.1) is 11.8 Å². The SMILES string of the molecule is CC(C)(C)OC(=O)NCCC#Cc1ccc(C=O)o1. The molecule has 0 radical (unpaired) electrons. The van der Waals surface area contributed by atoms with Crippen LogP contribution in [0.15, 0.2) is 16.5 Å². The predicted molar refractivity (Wildman–Crippen MR) is 69.8 cm³/mol. The third kappa shape index (κ3) is 6.32. The van der Waals surface area contributed by atoms with Gasteiger partial charge in [0.15, 0.2) is 17.8 Å². The maximum Gasteiger partial charge on any atom is 0.407 e. The Hall–Kier alpha value is -2.22. The summed E-state index contributed by atoms with van der Waals surface area (Å²) in [5.74, 6) is 6.26. The Morgan fingerprint density at radius 1 is 1.47 bits per heavy atom. The first-order valence-corrected chi connectivity index (χ1v) is 5.91. The summed E-state index contributed by atoms with van der Waals surface area (Å²) < 4.78 is 10.1. The molecule has 0 spiro atoms. The fraction of sp³-hybridized carbons (Fsp3) is 0.429. The normalized spacial score (nSPS) is 10.3. The molecule has 102 valence electrons. The highest BCUT2D eigenvalue weighted by Gasteiger charge is 2.15. The highest BCUT2D eigenvalue weighted by molar-refractivity contribution is 5.70. The predicted octanol–water partition coefficient (Wildman–Crippen LogP) is 2.36. The topological polar surface area (TPSA) is 68.5 Å². The molecule has 0 fully saturated rings. The number of carbonyl (C=O) groups is 2. The van der Waals surface area contributed by atoms with Gasteiger partial charge >= 0.3 is 6.09 Å². The number of amides is 1. The summed E-state index contributed by atoms with van der Waals surface area (Å²) in [6, 6.07) is 3.17. The van der Waals surface area contributed by atoms with E-state index in [0.29, 0.717) is 25.0 Å². The van der Waals surface area contributed by atoms with Gasteiger partial charge in [-0.25, -0.2) is 4.79 Å². The van der Waals surface area contributed by atoms with Crippen molar-refractivity contribution in [3.05, 3.63) is 23.7 Å². The Balaban J connectivity index is 2.28. The Kier molecular flexibility index (Phi) is 5.19. The third-order valence-corrected chi connectivity index (χ3v) is 1.87. The van der Waals surface area contributed by atoms with E-state index >= 15 is 0 Å². The van der Waals surface area contributed by atoms with Crippen molar-refractivity contribution < 1.29 is 18.7 Å². The smallest absolute Gasteiger partial charge is 0.407 e. The molecule has 1 aromatic rings. The van der Waals surface area contributed by atoms with Gasteiger partial charge in [-0.15, -0.1) is 0 Å². The van der Waals surface area contributed by atoms with Crippen LogP contribution >= 0.6 is 0 Å². The van der Waals surface area contributed by atoms with Crippen LogP contribution in [0.5, 0.6) is 0 Å². The highest BCUT2D eigenvalue weighted by Crippen LogP contribution is 2.06. The molecular formula is C14H17NO4. The van der Waals surface area contributed by atoms with Crippen molar-refractivity contribution >= 4 is 12.4 Å². The van der Waals surface area contributed by atoms with E-state index in [4.69, 9.17) is 9.15 Å². The van der Waals surface area contributed by atoms with E-state index < -0.39 is 11.7 Å². The number of rotatable bonds is 3. The van der Waals surface area contributed by atoms with Crippen molar-refractivity contribution in [2.24, 2.45) is 0 Å². The van der Waals surface area contributed by atoms with Crippen LogP contribution in [0.25, 0.3) is 0 Å². The van der Waals surface area contributed by atoms with Crippen molar-refractivity contribution in [1.82, 2.24) is 5.32 Å². The average Bonchev–Trinajstić information content (AvgIpc) is 2.74. The minimum atomic E-state index is -0.505. The lowest BCUT2D eigenvalue weighted by molar-refractivity contribution is 0.0529. The van der Waals surface area contributed by atoms with Crippen LogP contribution in [-0.4, -0.2) is 24.5 Å². The van der Waals surface area contributed by atoms with Crippen LogP contribution in [0.3, 0.4) is 0 Å². The van der Waals surface area contributed by atoms with Gasteiger partial charge in [0.05, 0.1) is 0 Å². The second-order valence-corrected chi connectivity index (χ2v) is 4.80. The van der Waals surface area contributed by atoms with Crippen LogP contribution in [-0.2, 0) is 4.74 Å². The zero-order chi connectivity index (χ0) is 14.3. The van der Waals surface area contributed by atoms with Crippen molar-refractivity contribution in [2.45, 2.75) is 32.8 Å². The first kappa shape index (κ1) is 14.8. The number of carbonyl (C=O) groups excluding carboxylic acids is 2. The zero-order valence-corrected chi connectivity index (χ0v) is 11.3. The molecule has 0 aromatic carbocycles. The summed E-state index contributed by atoms with van der Waals surface area (Å²) in [7, 11) is 0. The maximum atomic E-state index is 11.3. The van der Waals surface area contributed by atoms with E-state index in [9.17, 15) is 9.59 Å². The molecule has 0 saturated heterocycles. The molecule has 0 aliphatic carbocycles. The lowest BCUT2D eigenvalue weighted by atomic mass is 10.2. The molecule has 0 aliphatic rings. The lowest BCUT2D eigenvalue weighted by Gasteiger charge is -2.19. The van der Waals surface area contributed by atoms with Crippen molar-refractivity contribution in [3.63, 3.8) is 0 Å². The van der Waals surface area contributed by atoms with Crippen LogP contribution in [0.1, 0.15) is 43.5 Å². The third-order valence-electron chi connectivity index (χ3n) is 1.87. The Morgan fingerprint density at radius 3 is 2.79 bits per heavy atom. The molecule has 0 aliphatic heterocycles. The number of furan rings is 1. The molecule has 1 aromatic heterocycles. The molecule has 1 amide bonds. The number of aldehydes is 1. The van der Waals surface area contributed by atoms with Gasteiger partial charge in [-0.1, -0.05) is 5.92 Å². The molecule has 0 bridgehead atoms. The fourth-order valence-electron chi connectivity index (χ4n) is 1.17. The summed E-state index contributed by atoms with van der Waals surface area (Å²) in [4.78, 5) is 21.7. The van der Waals surface area contributed by atoms with Gasteiger partial charge in [0.1, 0.15) is 5.60 Å². The first-order chi connectivity index (χ1) is 8.90. The molecule has 5 nitrogen and oxygen atoms in total. The fourth-order valence-corrected chi connectivity index (χ4v) is 1.17. The number of nitrogens with one attached hydrogen (secondary N) is 1. The lowest BCUT2D eigenvalue weighted by Crippen LogP contribution is -2.32. The number of hydrogen-bond acceptors (Lipinski definition) is 4. The largest absolute Gasteiger partial charge is 0.445 e. The number of ether oxygens (including phenoxy) is 1. The van der Waals surface area contributed by atoms with Crippen molar-refractivity contribution in [1.29, 1.82) is 0 Å². The maximum absolute atomic E-state index is 11.3. The standard InChI is InChI=1S/C14H17NO4/c1-14(2,3)19-13(17)15-9-5-4-6-11-7-8-12(10-16)18-11/h7-8,10H,5,9H2,1-3H3,(H,15,17). The van der Waals surface area contributed by atoms with Gasteiger partial charge in [-0.05, 0) is 38.8 Å². The van der Waals surface area contributed by atoms with Gasteiger partial charge in [-0.3, -0.25) is 4.79 Å². The van der Waals surface area contributed by atoms with Crippen molar-refractivity contribution in [3.8, 4) is 11.8 Å². The van der Waals surface area contributed by atoms with Gasteiger partial charge in [0, 0.05) is 13.0 Å². The van der Waals surface area contributed by atoms with Gasteiger partial charge in [0.2, 0.25) is 0 Å². The van der Waals surface area contributed by atoms with E-state index in [1.54, 1.807) is 32.9 Å². The van der Waals surface area contributed by atoms with E-state index in [0.717, 1.165) is 0 Å². The first-order valence-electron chi connectivity index (χ1n) is 5.91. The number of hydrogen-bond donors (Lipinski definition) is 1. The minimum absolute atomic E-state index is 0.246. The zero-order valence-electron chi connectivity index (χ0n) is 11.3. The van der Waals surface area contributed by atoms with E-state index in [2.05, 4.69) is 17.2 Å². The molecule has 5 heteroatoms. The van der Waals surface area contributed by atoms with E-state index in [1.165, 1.54) is 0 Å². The van der Waals surface area contributed by atoms with Crippen LogP contribution < -0.4 is 5.32 Å². The van der Waals surface area contributed by atoms with Crippen molar-refractivity contribution in [2.75, 3.05) is 6.54 Å².